The number of rotatable bonds is 5. The average molecular weight is 327 g/mol. The fraction of sp³-hybridized carbons (Fsp3) is 0.364. The number of carboxylic acid groups (broad SMARTS) is 1. The number of nitro groups is 1. The third-order valence-electron chi connectivity index (χ3n) is 2.44. The molecule has 1 aromatic rings. The van der Waals surface area contributed by atoms with Gasteiger partial charge in [0.25, 0.3) is 5.69 Å². The highest BCUT2D eigenvalue weighted by atomic mass is 35.5. The molecule has 0 heterocycles. The molecule has 21 heavy (non-hydrogen) atoms. The lowest BCUT2D eigenvalue weighted by molar-refractivity contribution is -0.384. The molecule has 1 unspecified atom stereocenters. The van der Waals surface area contributed by atoms with Crippen LogP contribution in [0.2, 0.25) is 5.02 Å². The number of anilines is 1. The SMILES string of the molecule is CC(CC(F)(F)F)Nc1c(Cl)cc([N+](=O)[O-])cc1C(=O)O. The van der Waals surface area contributed by atoms with Crippen molar-refractivity contribution in [1.82, 2.24) is 0 Å². The van der Waals surface area contributed by atoms with E-state index in [1.54, 1.807) is 0 Å². The van der Waals surface area contributed by atoms with Crippen LogP contribution in [0.1, 0.15) is 23.7 Å². The second kappa shape index (κ2) is 6.17. The van der Waals surface area contributed by atoms with Crippen molar-refractivity contribution in [3.05, 3.63) is 32.8 Å². The highest BCUT2D eigenvalue weighted by molar-refractivity contribution is 6.34. The number of nitrogens with zero attached hydrogens (tertiary/aromatic N) is 1. The second-order valence-electron chi connectivity index (χ2n) is 4.28. The van der Waals surface area contributed by atoms with E-state index in [0.717, 1.165) is 12.1 Å². The fourth-order valence-electron chi connectivity index (χ4n) is 1.66. The molecule has 0 spiro atoms. The average Bonchev–Trinajstić information content (AvgIpc) is 2.28. The Balaban J connectivity index is 3.17. The van der Waals surface area contributed by atoms with Gasteiger partial charge in [0, 0.05) is 18.2 Å². The minimum absolute atomic E-state index is 0.286. The van der Waals surface area contributed by atoms with E-state index in [9.17, 15) is 28.1 Å². The van der Waals surface area contributed by atoms with Gasteiger partial charge in [-0.15, -0.1) is 0 Å². The first kappa shape index (κ1) is 17.0. The zero-order chi connectivity index (χ0) is 16.4. The lowest BCUT2D eigenvalue weighted by atomic mass is 10.1. The normalized spacial score (nSPS) is 12.8. The van der Waals surface area contributed by atoms with Crippen LogP contribution in [0.3, 0.4) is 0 Å². The molecule has 1 aromatic carbocycles. The lowest BCUT2D eigenvalue weighted by Gasteiger charge is -2.19. The van der Waals surface area contributed by atoms with Gasteiger partial charge in [0.1, 0.15) is 0 Å². The van der Waals surface area contributed by atoms with E-state index >= 15 is 0 Å². The highest BCUT2D eigenvalue weighted by Gasteiger charge is 2.31. The molecule has 116 valence electrons. The van der Waals surface area contributed by atoms with Crippen molar-refractivity contribution in [2.45, 2.75) is 25.6 Å². The topological polar surface area (TPSA) is 92.5 Å². The van der Waals surface area contributed by atoms with E-state index in [0.29, 0.717) is 0 Å². The minimum atomic E-state index is -4.44. The van der Waals surface area contributed by atoms with Gasteiger partial charge in [-0.3, -0.25) is 10.1 Å². The van der Waals surface area contributed by atoms with Gasteiger partial charge in [-0.05, 0) is 6.92 Å². The Morgan fingerprint density at radius 1 is 1.52 bits per heavy atom. The zero-order valence-electron chi connectivity index (χ0n) is 10.6. The van der Waals surface area contributed by atoms with Crippen molar-refractivity contribution >= 4 is 28.9 Å². The molecule has 1 rings (SSSR count). The number of halogens is 4. The number of hydrogen-bond donors (Lipinski definition) is 2. The molecule has 0 aliphatic heterocycles. The molecular weight excluding hydrogens is 317 g/mol. The number of aromatic carboxylic acids is 1. The van der Waals surface area contributed by atoms with Crippen molar-refractivity contribution in [2.75, 3.05) is 5.32 Å². The van der Waals surface area contributed by atoms with E-state index in [1.165, 1.54) is 6.92 Å². The Bertz CT molecular complexity index is 577. The van der Waals surface area contributed by atoms with E-state index in [4.69, 9.17) is 16.7 Å². The number of carboxylic acids is 1. The van der Waals surface area contributed by atoms with Crippen LogP contribution >= 0.6 is 11.6 Å². The van der Waals surface area contributed by atoms with Crippen LogP contribution in [-0.4, -0.2) is 28.2 Å². The molecule has 0 aliphatic rings. The lowest BCUT2D eigenvalue weighted by Crippen LogP contribution is -2.25. The number of nitrogens with one attached hydrogen (secondary N) is 1. The van der Waals surface area contributed by atoms with E-state index in [2.05, 4.69) is 5.32 Å². The van der Waals surface area contributed by atoms with Crippen molar-refractivity contribution < 1.29 is 28.0 Å². The largest absolute Gasteiger partial charge is 0.478 e. The summed E-state index contributed by atoms with van der Waals surface area (Å²) in [4.78, 5) is 20.9. The van der Waals surface area contributed by atoms with Gasteiger partial charge in [-0.2, -0.15) is 13.2 Å². The molecule has 0 amide bonds. The zero-order valence-corrected chi connectivity index (χ0v) is 11.3. The van der Waals surface area contributed by atoms with Crippen molar-refractivity contribution in [1.29, 1.82) is 0 Å². The summed E-state index contributed by atoms with van der Waals surface area (Å²) in [7, 11) is 0. The van der Waals surface area contributed by atoms with Crippen LogP contribution in [0.25, 0.3) is 0 Å². The molecule has 6 nitrogen and oxygen atoms in total. The minimum Gasteiger partial charge on any atom is -0.478 e. The summed E-state index contributed by atoms with van der Waals surface area (Å²) in [6.45, 7) is 1.19. The van der Waals surface area contributed by atoms with E-state index in [1.807, 2.05) is 0 Å². The maximum absolute atomic E-state index is 12.3. The standard InChI is InChI=1S/C11H10ClF3N2O4/c1-5(4-11(13,14)15)16-9-7(10(18)19)2-6(17(20)21)3-8(9)12/h2-3,5,16H,4H2,1H3,(H,18,19). The number of nitro benzene ring substituents is 1. The number of benzene rings is 1. The summed E-state index contributed by atoms with van der Waals surface area (Å²) in [5, 5.41) is 21.6. The highest BCUT2D eigenvalue weighted by Crippen LogP contribution is 2.33. The Labute approximate surface area is 121 Å². The maximum Gasteiger partial charge on any atom is 0.391 e. The Kier molecular flexibility index (Phi) is 5.00. The van der Waals surface area contributed by atoms with Crippen molar-refractivity contribution in [2.24, 2.45) is 0 Å². The molecule has 1 atom stereocenters. The molecule has 0 bridgehead atoms. The second-order valence-corrected chi connectivity index (χ2v) is 4.68. The van der Waals surface area contributed by atoms with Crippen LogP contribution in [0.15, 0.2) is 12.1 Å². The van der Waals surface area contributed by atoms with Crippen LogP contribution < -0.4 is 5.32 Å². The van der Waals surface area contributed by atoms with Crippen LogP contribution in [0, 0.1) is 10.1 Å². The van der Waals surface area contributed by atoms with Crippen LogP contribution in [0.4, 0.5) is 24.5 Å². The van der Waals surface area contributed by atoms with Crippen molar-refractivity contribution in [3.63, 3.8) is 0 Å². The molecule has 0 fully saturated rings. The maximum atomic E-state index is 12.3. The van der Waals surface area contributed by atoms with E-state index < -0.39 is 40.8 Å². The first-order valence-corrected chi connectivity index (χ1v) is 5.93. The number of hydrogen-bond acceptors (Lipinski definition) is 4. The van der Waals surface area contributed by atoms with Crippen LogP contribution in [0.5, 0.6) is 0 Å². The molecular formula is C11H10ClF3N2O4. The molecule has 0 saturated heterocycles. The van der Waals surface area contributed by atoms with Gasteiger partial charge in [0.05, 0.1) is 27.6 Å². The monoisotopic (exact) mass is 326 g/mol. The molecule has 0 aliphatic carbocycles. The smallest absolute Gasteiger partial charge is 0.391 e. The quantitative estimate of drug-likeness (QED) is 0.635. The summed E-state index contributed by atoms with van der Waals surface area (Å²) in [5.41, 5.74) is -1.42. The predicted molar refractivity (Wildman–Crippen MR) is 68.8 cm³/mol. The van der Waals surface area contributed by atoms with Gasteiger partial charge in [-0.25, -0.2) is 4.79 Å². The summed E-state index contributed by atoms with van der Waals surface area (Å²) in [5.74, 6) is -1.54. The number of non-ortho nitro benzene ring substituents is 1. The molecule has 0 saturated carbocycles. The summed E-state index contributed by atoms with van der Waals surface area (Å²) in [6, 6.07) is 0.454. The van der Waals surface area contributed by atoms with Gasteiger partial charge >= 0.3 is 12.1 Å². The molecule has 10 heteroatoms. The summed E-state index contributed by atoms with van der Waals surface area (Å²) in [6.07, 6.45) is -5.65. The fourth-order valence-corrected chi connectivity index (χ4v) is 1.93. The first-order chi connectivity index (χ1) is 9.51. The van der Waals surface area contributed by atoms with Gasteiger partial charge in [-0.1, -0.05) is 11.6 Å². The molecule has 0 aromatic heterocycles. The van der Waals surface area contributed by atoms with Crippen molar-refractivity contribution in [3.8, 4) is 0 Å². The van der Waals surface area contributed by atoms with Gasteiger partial charge in [0.2, 0.25) is 0 Å². The predicted octanol–water partition coefficient (Wildman–Crippen LogP) is 3.70. The molecule has 2 N–H and O–H groups in total. The Hall–Kier alpha value is -2.03. The van der Waals surface area contributed by atoms with Gasteiger partial charge in [0.15, 0.2) is 0 Å². The molecule has 0 radical (unpaired) electrons. The van der Waals surface area contributed by atoms with E-state index in [-0.39, 0.29) is 10.7 Å². The van der Waals surface area contributed by atoms with Gasteiger partial charge < -0.3 is 10.4 Å². The Morgan fingerprint density at radius 3 is 2.52 bits per heavy atom. The van der Waals surface area contributed by atoms with Crippen LogP contribution in [-0.2, 0) is 0 Å². The first-order valence-electron chi connectivity index (χ1n) is 5.55. The number of carbonyl (C=O) groups is 1. The third-order valence-corrected chi connectivity index (χ3v) is 2.74. The number of alkyl halides is 3. The Morgan fingerprint density at radius 2 is 2.10 bits per heavy atom. The third kappa shape index (κ3) is 4.78. The summed E-state index contributed by atoms with van der Waals surface area (Å²) >= 11 is 5.73. The summed E-state index contributed by atoms with van der Waals surface area (Å²) < 4.78 is 36.8.